The Morgan fingerprint density at radius 1 is 1.25 bits per heavy atom. The van der Waals surface area contributed by atoms with Gasteiger partial charge < -0.3 is 0 Å². The third kappa shape index (κ3) is 2.49. The molecule has 0 fully saturated rings. The largest absolute Gasteiger partial charge is 0.0922 e. The van der Waals surface area contributed by atoms with E-state index in [1.54, 1.807) is 0 Å². The zero-order valence-corrected chi connectivity index (χ0v) is 8.55. The summed E-state index contributed by atoms with van der Waals surface area (Å²) in [5.74, 6) is 0. The average Bonchev–Trinajstić information content (AvgIpc) is 1.87. The van der Waals surface area contributed by atoms with Crippen molar-refractivity contribution in [3.63, 3.8) is 0 Å². The van der Waals surface area contributed by atoms with E-state index >= 15 is 0 Å². The Hall–Kier alpha value is 0.960. The number of rotatable bonds is 3. The molecule has 8 heavy (non-hydrogen) atoms. The van der Waals surface area contributed by atoms with Gasteiger partial charge in [-0.3, -0.25) is 0 Å². The highest BCUT2D eigenvalue weighted by Gasteiger charge is 2.17. The van der Waals surface area contributed by atoms with E-state index < -0.39 is 0 Å². The van der Waals surface area contributed by atoms with Gasteiger partial charge in [-0.25, -0.2) is 0 Å². The quantitative estimate of drug-likeness (QED) is 0.668. The minimum absolute atomic E-state index is 0.458. The van der Waals surface area contributed by atoms with Crippen LogP contribution in [0.15, 0.2) is 0 Å². The van der Waals surface area contributed by atoms with Gasteiger partial charge in [-0.05, 0) is 11.8 Å². The molecular weight excluding hydrogens is 232 g/mol. The molecule has 0 aromatic heterocycles. The fourth-order valence-electron chi connectivity index (χ4n) is 0.225. The summed E-state index contributed by atoms with van der Waals surface area (Å²) < 4.78 is 0. The van der Waals surface area contributed by atoms with Crippen molar-refractivity contribution in [1.82, 2.24) is 0 Å². The normalized spacial score (nSPS) is 12.0. The molecule has 0 bridgehead atoms. The first-order chi connectivity index (χ1) is 3.68. The van der Waals surface area contributed by atoms with E-state index in [1.165, 1.54) is 6.42 Å². The highest BCUT2D eigenvalue weighted by Crippen LogP contribution is 2.25. The van der Waals surface area contributed by atoms with Crippen LogP contribution in [-0.4, -0.2) is 10.7 Å². The summed E-state index contributed by atoms with van der Waals surface area (Å²) in [6.07, 6.45) is 1.23. The van der Waals surface area contributed by atoms with Crippen molar-refractivity contribution in [1.29, 1.82) is 0 Å². The topological polar surface area (TPSA) is 0 Å². The molecule has 0 saturated carbocycles. The highest BCUT2D eigenvalue weighted by atomic mass is 79.9. The minimum atomic E-state index is 0.458. The number of hydrogen-bond acceptors (Lipinski definition) is 0. The number of hydrogen-bond donors (Lipinski definition) is 0. The molecule has 50 valence electrons. The van der Waals surface area contributed by atoms with Crippen LogP contribution in [-0.2, 0) is 0 Å². The highest BCUT2D eigenvalue weighted by molar-refractivity contribution is 9.09. The van der Waals surface area contributed by atoms with Gasteiger partial charge in [-0.15, -0.1) is 0 Å². The monoisotopic (exact) mass is 242 g/mol. The molecule has 0 aromatic carbocycles. The van der Waals surface area contributed by atoms with Crippen LogP contribution >= 0.6 is 31.9 Å². The fourth-order valence-corrected chi connectivity index (χ4v) is 1.95. The second kappa shape index (κ2) is 3.89. The zero-order valence-electron chi connectivity index (χ0n) is 5.38. The van der Waals surface area contributed by atoms with Gasteiger partial charge in [-0.2, -0.15) is 0 Å². The molecule has 0 amide bonds. The van der Waals surface area contributed by atoms with E-state index in [0.717, 1.165) is 10.7 Å². The maximum Gasteiger partial charge on any atom is 0.00932 e. The van der Waals surface area contributed by atoms with E-state index in [2.05, 4.69) is 45.7 Å². The maximum absolute atomic E-state index is 3.46. The summed E-state index contributed by atoms with van der Waals surface area (Å²) in [6.45, 7) is 4.47. The average molecular weight is 244 g/mol. The minimum Gasteiger partial charge on any atom is -0.0922 e. The van der Waals surface area contributed by atoms with Crippen molar-refractivity contribution in [2.24, 2.45) is 5.41 Å². The van der Waals surface area contributed by atoms with E-state index in [4.69, 9.17) is 0 Å². The Labute approximate surface area is 68.3 Å². The van der Waals surface area contributed by atoms with Gasteiger partial charge >= 0.3 is 0 Å². The molecule has 0 aliphatic carbocycles. The van der Waals surface area contributed by atoms with Crippen molar-refractivity contribution in [3.05, 3.63) is 0 Å². The standard InChI is InChI=1S/C6H12Br2/c1-3-6(2,4-7)5-8/h3-5H2,1-2H3. The summed E-state index contributed by atoms with van der Waals surface area (Å²) in [6, 6.07) is 0. The molecule has 0 nitrogen and oxygen atoms in total. The van der Waals surface area contributed by atoms with Gasteiger partial charge in [0.15, 0.2) is 0 Å². The van der Waals surface area contributed by atoms with Crippen molar-refractivity contribution in [3.8, 4) is 0 Å². The lowest BCUT2D eigenvalue weighted by Crippen LogP contribution is -2.18. The Kier molecular flexibility index (Phi) is 4.35. The third-order valence-corrected chi connectivity index (χ3v) is 4.21. The first kappa shape index (κ1) is 8.96. The molecule has 2 heteroatoms. The summed E-state index contributed by atoms with van der Waals surface area (Å²) in [4.78, 5) is 0. The van der Waals surface area contributed by atoms with E-state index in [9.17, 15) is 0 Å². The molecule has 0 spiro atoms. The van der Waals surface area contributed by atoms with Crippen LogP contribution in [0.3, 0.4) is 0 Å². The Bertz CT molecular complexity index is 49.3. The molecule has 0 rings (SSSR count). The Morgan fingerprint density at radius 3 is 1.62 bits per heavy atom. The van der Waals surface area contributed by atoms with Gasteiger partial charge in [0.25, 0.3) is 0 Å². The zero-order chi connectivity index (χ0) is 6.62. The van der Waals surface area contributed by atoms with E-state index in [1.807, 2.05) is 0 Å². The SMILES string of the molecule is CCC(C)(CBr)CBr. The van der Waals surface area contributed by atoms with E-state index in [0.29, 0.717) is 5.41 Å². The first-order valence-electron chi connectivity index (χ1n) is 2.80. The Morgan fingerprint density at radius 2 is 1.62 bits per heavy atom. The predicted octanol–water partition coefficient (Wildman–Crippen LogP) is 3.19. The van der Waals surface area contributed by atoms with Crippen molar-refractivity contribution < 1.29 is 0 Å². The molecule has 0 aliphatic rings. The second-order valence-corrected chi connectivity index (χ2v) is 3.55. The lowest BCUT2D eigenvalue weighted by atomic mass is 9.93. The lowest BCUT2D eigenvalue weighted by Gasteiger charge is -2.21. The molecule has 0 N–H and O–H groups in total. The lowest BCUT2D eigenvalue weighted by molar-refractivity contribution is 0.424. The van der Waals surface area contributed by atoms with Crippen molar-refractivity contribution >= 4 is 31.9 Å². The van der Waals surface area contributed by atoms with Gasteiger partial charge in [0.2, 0.25) is 0 Å². The van der Waals surface area contributed by atoms with Crippen LogP contribution < -0.4 is 0 Å². The molecule has 0 unspecified atom stereocenters. The molecule has 0 saturated heterocycles. The predicted molar refractivity (Wildman–Crippen MR) is 46.0 cm³/mol. The van der Waals surface area contributed by atoms with Gasteiger partial charge in [-0.1, -0.05) is 45.7 Å². The molecule has 0 radical (unpaired) electrons. The summed E-state index contributed by atoms with van der Waals surface area (Å²) >= 11 is 6.92. The third-order valence-electron chi connectivity index (χ3n) is 1.50. The molecule has 0 aromatic rings. The van der Waals surface area contributed by atoms with Gasteiger partial charge in [0, 0.05) is 10.7 Å². The first-order valence-corrected chi connectivity index (χ1v) is 5.05. The summed E-state index contributed by atoms with van der Waals surface area (Å²) in [7, 11) is 0. The van der Waals surface area contributed by atoms with Gasteiger partial charge in [0.05, 0.1) is 0 Å². The van der Waals surface area contributed by atoms with Crippen molar-refractivity contribution in [2.75, 3.05) is 10.7 Å². The fraction of sp³-hybridized carbons (Fsp3) is 1.00. The molecular formula is C6H12Br2. The number of alkyl halides is 2. The molecule has 0 aliphatic heterocycles. The van der Waals surface area contributed by atoms with Crippen LogP contribution in [0, 0.1) is 5.41 Å². The Balaban J connectivity index is 3.58. The molecule has 0 atom stereocenters. The summed E-state index contributed by atoms with van der Waals surface area (Å²) in [5, 5.41) is 2.17. The summed E-state index contributed by atoms with van der Waals surface area (Å²) in [5.41, 5.74) is 0.458. The van der Waals surface area contributed by atoms with E-state index in [-0.39, 0.29) is 0 Å². The van der Waals surface area contributed by atoms with Crippen LogP contribution in [0.5, 0.6) is 0 Å². The van der Waals surface area contributed by atoms with Crippen LogP contribution in [0.25, 0.3) is 0 Å². The van der Waals surface area contributed by atoms with Crippen LogP contribution in [0.2, 0.25) is 0 Å². The maximum atomic E-state index is 3.46. The molecule has 0 heterocycles. The smallest absolute Gasteiger partial charge is 0.00932 e. The van der Waals surface area contributed by atoms with Crippen LogP contribution in [0.4, 0.5) is 0 Å². The second-order valence-electron chi connectivity index (χ2n) is 2.43. The van der Waals surface area contributed by atoms with Crippen molar-refractivity contribution in [2.45, 2.75) is 20.3 Å². The number of halogens is 2. The van der Waals surface area contributed by atoms with Crippen LogP contribution in [0.1, 0.15) is 20.3 Å². The van der Waals surface area contributed by atoms with Gasteiger partial charge in [0.1, 0.15) is 0 Å².